The third-order valence-electron chi connectivity index (χ3n) is 4.42. The molecule has 7 nitrogen and oxygen atoms in total. The van der Waals surface area contributed by atoms with Crippen LogP contribution in [0.25, 0.3) is 0 Å². The molecule has 0 saturated carbocycles. The third-order valence-corrected chi connectivity index (χ3v) is 4.42. The van der Waals surface area contributed by atoms with Crippen molar-refractivity contribution in [3.8, 4) is 0 Å². The van der Waals surface area contributed by atoms with Crippen molar-refractivity contribution >= 4 is 6.09 Å². The minimum atomic E-state index is -0.492. The van der Waals surface area contributed by atoms with E-state index in [1.54, 1.807) is 0 Å². The van der Waals surface area contributed by atoms with Gasteiger partial charge in [0.15, 0.2) is 0 Å². The van der Waals surface area contributed by atoms with Crippen LogP contribution in [0.15, 0.2) is 6.20 Å². The molecule has 2 aliphatic rings. The summed E-state index contributed by atoms with van der Waals surface area (Å²) in [5.74, 6) is 0. The molecular formula is C16H26N4O3. The molecule has 2 atom stereocenters. The number of carbonyl (C=O) groups is 1. The lowest BCUT2D eigenvalue weighted by Crippen LogP contribution is -2.57. The molecule has 0 aliphatic carbocycles. The van der Waals surface area contributed by atoms with Crippen molar-refractivity contribution in [2.75, 3.05) is 13.2 Å². The van der Waals surface area contributed by atoms with Crippen molar-refractivity contribution in [3.63, 3.8) is 0 Å². The molecular weight excluding hydrogens is 296 g/mol. The van der Waals surface area contributed by atoms with Gasteiger partial charge in [0.05, 0.1) is 31.1 Å². The van der Waals surface area contributed by atoms with Crippen molar-refractivity contribution in [1.82, 2.24) is 20.4 Å². The molecule has 2 unspecified atom stereocenters. The van der Waals surface area contributed by atoms with E-state index in [9.17, 15) is 4.79 Å². The number of fused-ring (bicyclic) bond motifs is 1. The first kappa shape index (κ1) is 16.3. The Balaban J connectivity index is 1.59. The highest BCUT2D eigenvalue weighted by molar-refractivity contribution is 5.68. The average molecular weight is 322 g/mol. The smallest absolute Gasteiger partial charge is 0.407 e. The van der Waals surface area contributed by atoms with Crippen molar-refractivity contribution in [3.05, 3.63) is 17.5 Å². The van der Waals surface area contributed by atoms with Gasteiger partial charge in [-0.1, -0.05) is 0 Å². The molecule has 0 radical (unpaired) electrons. The number of nitrogens with one attached hydrogen (secondary N) is 2. The predicted molar refractivity (Wildman–Crippen MR) is 84.8 cm³/mol. The van der Waals surface area contributed by atoms with Crippen molar-refractivity contribution in [2.24, 2.45) is 0 Å². The summed E-state index contributed by atoms with van der Waals surface area (Å²) >= 11 is 0. The maximum atomic E-state index is 12.0. The first-order valence-electron chi connectivity index (χ1n) is 8.09. The van der Waals surface area contributed by atoms with Crippen LogP contribution in [0.5, 0.6) is 0 Å². The highest BCUT2D eigenvalue weighted by Gasteiger charge is 2.41. The molecule has 0 bridgehead atoms. The molecule has 2 aliphatic heterocycles. The Hall–Kier alpha value is -1.60. The van der Waals surface area contributed by atoms with E-state index in [0.717, 1.165) is 19.5 Å². The van der Waals surface area contributed by atoms with Gasteiger partial charge in [-0.3, -0.25) is 10.00 Å². The van der Waals surface area contributed by atoms with Gasteiger partial charge >= 0.3 is 6.09 Å². The van der Waals surface area contributed by atoms with Crippen LogP contribution in [0.3, 0.4) is 0 Å². The number of H-pyrrole nitrogens is 1. The topological polar surface area (TPSA) is 79.5 Å². The molecule has 2 N–H and O–H groups in total. The Bertz CT molecular complexity index is 560. The Morgan fingerprint density at radius 2 is 2.30 bits per heavy atom. The van der Waals surface area contributed by atoms with Crippen molar-refractivity contribution < 1.29 is 14.3 Å². The monoisotopic (exact) mass is 322 g/mol. The largest absolute Gasteiger partial charge is 0.444 e. The summed E-state index contributed by atoms with van der Waals surface area (Å²) in [6.07, 6.45) is 2.34. The Kier molecular flexibility index (Phi) is 4.10. The van der Waals surface area contributed by atoms with E-state index in [4.69, 9.17) is 9.47 Å². The number of aromatic nitrogens is 2. The second-order valence-corrected chi connectivity index (χ2v) is 7.79. The zero-order chi connectivity index (χ0) is 16.7. The molecule has 1 saturated heterocycles. The van der Waals surface area contributed by atoms with E-state index in [0.29, 0.717) is 13.2 Å². The molecule has 1 fully saturated rings. The Morgan fingerprint density at radius 3 is 3.00 bits per heavy atom. The quantitative estimate of drug-likeness (QED) is 0.868. The maximum Gasteiger partial charge on any atom is 0.407 e. The third kappa shape index (κ3) is 3.67. The van der Waals surface area contributed by atoms with Crippen LogP contribution in [0, 0.1) is 0 Å². The number of ether oxygens (including phenoxy) is 2. The summed E-state index contributed by atoms with van der Waals surface area (Å²) in [7, 11) is 0. The van der Waals surface area contributed by atoms with Gasteiger partial charge in [0.1, 0.15) is 5.60 Å². The van der Waals surface area contributed by atoms with E-state index in [2.05, 4.69) is 27.3 Å². The first-order valence-corrected chi connectivity index (χ1v) is 8.09. The number of amides is 1. The fraction of sp³-hybridized carbons (Fsp3) is 0.750. The van der Waals surface area contributed by atoms with E-state index < -0.39 is 5.60 Å². The van der Waals surface area contributed by atoms with Gasteiger partial charge < -0.3 is 14.8 Å². The lowest BCUT2D eigenvalue weighted by Gasteiger charge is -2.44. The summed E-state index contributed by atoms with van der Waals surface area (Å²) in [6, 6.07) is -0.0410. The highest BCUT2D eigenvalue weighted by Crippen LogP contribution is 2.33. The lowest BCUT2D eigenvalue weighted by molar-refractivity contribution is -0.0587. The van der Waals surface area contributed by atoms with Crippen LogP contribution in [-0.4, -0.2) is 51.6 Å². The zero-order valence-electron chi connectivity index (χ0n) is 14.3. The summed E-state index contributed by atoms with van der Waals surface area (Å²) in [5.41, 5.74) is 1.81. The first-order chi connectivity index (χ1) is 10.8. The molecule has 0 aromatic carbocycles. The SMILES string of the molecule is CC(C)(C)OC(=O)NC1COCC(C)(N2Cc3cn[nH]c3C2)C1. The van der Waals surface area contributed by atoms with Gasteiger partial charge in [0.25, 0.3) is 0 Å². The maximum absolute atomic E-state index is 12.0. The summed E-state index contributed by atoms with van der Waals surface area (Å²) in [4.78, 5) is 14.4. The van der Waals surface area contributed by atoms with Crippen LogP contribution >= 0.6 is 0 Å². The second-order valence-electron chi connectivity index (χ2n) is 7.79. The molecule has 7 heteroatoms. The van der Waals surface area contributed by atoms with Crippen LogP contribution in [0.4, 0.5) is 4.79 Å². The van der Waals surface area contributed by atoms with E-state index in [-0.39, 0.29) is 17.7 Å². The molecule has 128 valence electrons. The van der Waals surface area contributed by atoms with Gasteiger partial charge in [-0.05, 0) is 34.1 Å². The summed E-state index contributed by atoms with van der Waals surface area (Å²) in [5, 5.41) is 10.1. The van der Waals surface area contributed by atoms with Gasteiger partial charge in [-0.25, -0.2) is 4.79 Å². The molecule has 1 amide bonds. The Morgan fingerprint density at radius 1 is 1.52 bits per heavy atom. The number of aromatic amines is 1. The molecule has 0 spiro atoms. The number of nitrogens with zero attached hydrogens (tertiary/aromatic N) is 2. The van der Waals surface area contributed by atoms with Crippen molar-refractivity contribution in [2.45, 2.75) is 64.4 Å². The van der Waals surface area contributed by atoms with Crippen LogP contribution in [0.1, 0.15) is 45.4 Å². The molecule has 23 heavy (non-hydrogen) atoms. The average Bonchev–Trinajstić information content (AvgIpc) is 2.96. The molecule has 1 aromatic heterocycles. The number of hydrogen-bond acceptors (Lipinski definition) is 5. The van der Waals surface area contributed by atoms with E-state index in [1.165, 1.54) is 11.3 Å². The van der Waals surface area contributed by atoms with Gasteiger partial charge in [-0.15, -0.1) is 0 Å². The van der Waals surface area contributed by atoms with Crippen molar-refractivity contribution in [1.29, 1.82) is 0 Å². The second kappa shape index (κ2) is 5.79. The van der Waals surface area contributed by atoms with E-state index in [1.807, 2.05) is 27.0 Å². The molecule has 3 rings (SSSR count). The van der Waals surface area contributed by atoms with Gasteiger partial charge in [-0.2, -0.15) is 5.10 Å². The van der Waals surface area contributed by atoms with E-state index >= 15 is 0 Å². The minimum absolute atomic E-state index is 0.0410. The van der Waals surface area contributed by atoms with Crippen LogP contribution < -0.4 is 5.32 Å². The van der Waals surface area contributed by atoms with Gasteiger partial charge in [0, 0.05) is 24.2 Å². The number of hydrogen-bond donors (Lipinski definition) is 2. The fourth-order valence-electron chi connectivity index (χ4n) is 3.30. The number of alkyl carbamates (subject to hydrolysis) is 1. The van der Waals surface area contributed by atoms with Crippen LogP contribution in [-0.2, 0) is 22.6 Å². The van der Waals surface area contributed by atoms with Crippen LogP contribution in [0.2, 0.25) is 0 Å². The van der Waals surface area contributed by atoms with Gasteiger partial charge in [0.2, 0.25) is 0 Å². The molecule has 1 aromatic rings. The summed E-state index contributed by atoms with van der Waals surface area (Å²) < 4.78 is 11.1. The standard InChI is InChI=1S/C16H26N4O3/c1-15(2,3)23-14(21)18-12-5-16(4,10-22-9-12)20-7-11-6-17-19-13(11)8-20/h6,12H,5,7-10H2,1-4H3,(H,17,19)(H,18,21). The summed E-state index contributed by atoms with van der Waals surface area (Å²) in [6.45, 7) is 10.7. The number of carbonyl (C=O) groups excluding carboxylic acids is 1. The fourth-order valence-corrected chi connectivity index (χ4v) is 3.30. The minimum Gasteiger partial charge on any atom is -0.444 e. The lowest BCUT2D eigenvalue weighted by atomic mass is 9.90. The Labute approximate surface area is 136 Å². The molecule has 3 heterocycles. The highest BCUT2D eigenvalue weighted by atomic mass is 16.6. The zero-order valence-corrected chi connectivity index (χ0v) is 14.3. The predicted octanol–water partition coefficient (Wildman–Crippen LogP) is 1.80. The number of rotatable bonds is 2. The normalized spacial score (nSPS) is 28.4.